The maximum absolute atomic E-state index is 5.07. The van der Waals surface area contributed by atoms with Gasteiger partial charge in [0.05, 0.1) is 10.4 Å². The van der Waals surface area contributed by atoms with Gasteiger partial charge in [0.25, 0.3) is 0 Å². The largest absolute Gasteiger partial charge is 0.384 e. The van der Waals surface area contributed by atoms with Crippen LogP contribution in [0.2, 0.25) is 0 Å². The third kappa shape index (κ3) is 4.26. The SMILES string of the molecule is COCCc1nsc(N2CCN(Cc3ccc(Br)s3)CC2)n1. The van der Waals surface area contributed by atoms with Gasteiger partial charge in [-0.1, -0.05) is 0 Å². The molecule has 5 nitrogen and oxygen atoms in total. The summed E-state index contributed by atoms with van der Waals surface area (Å²) in [5, 5.41) is 1.05. The zero-order chi connectivity index (χ0) is 15.4. The summed E-state index contributed by atoms with van der Waals surface area (Å²) in [6.45, 7) is 5.90. The first-order valence-corrected chi connectivity index (χ1v) is 9.66. The molecule has 1 aliphatic rings. The quantitative estimate of drug-likeness (QED) is 0.742. The van der Waals surface area contributed by atoms with Crippen molar-refractivity contribution >= 4 is 43.9 Å². The number of piperazine rings is 1. The van der Waals surface area contributed by atoms with Gasteiger partial charge in [-0.25, -0.2) is 4.98 Å². The van der Waals surface area contributed by atoms with Gasteiger partial charge >= 0.3 is 0 Å². The molecule has 0 unspecified atom stereocenters. The van der Waals surface area contributed by atoms with E-state index in [-0.39, 0.29) is 0 Å². The molecule has 0 radical (unpaired) electrons. The van der Waals surface area contributed by atoms with E-state index >= 15 is 0 Å². The number of nitrogens with zero attached hydrogens (tertiary/aromatic N) is 4. The molecule has 2 aromatic rings. The Kier molecular flexibility index (Phi) is 5.81. The van der Waals surface area contributed by atoms with Crippen LogP contribution in [0.5, 0.6) is 0 Å². The van der Waals surface area contributed by atoms with Gasteiger partial charge in [0.2, 0.25) is 5.13 Å². The Hall–Kier alpha value is -0.540. The number of hydrogen-bond acceptors (Lipinski definition) is 7. The third-order valence-electron chi connectivity index (χ3n) is 3.64. The highest BCUT2D eigenvalue weighted by molar-refractivity contribution is 9.11. The molecule has 0 N–H and O–H groups in total. The summed E-state index contributed by atoms with van der Waals surface area (Å²) in [4.78, 5) is 10.9. The molecule has 120 valence electrons. The molecule has 0 aliphatic carbocycles. The van der Waals surface area contributed by atoms with Gasteiger partial charge < -0.3 is 9.64 Å². The second kappa shape index (κ2) is 7.83. The van der Waals surface area contributed by atoms with Gasteiger partial charge in [-0.3, -0.25) is 4.90 Å². The van der Waals surface area contributed by atoms with E-state index in [1.54, 1.807) is 7.11 Å². The van der Waals surface area contributed by atoms with E-state index in [1.807, 2.05) is 11.3 Å². The highest BCUT2D eigenvalue weighted by Gasteiger charge is 2.20. The maximum atomic E-state index is 5.07. The highest BCUT2D eigenvalue weighted by atomic mass is 79.9. The van der Waals surface area contributed by atoms with Crippen LogP contribution >= 0.6 is 38.8 Å². The van der Waals surface area contributed by atoms with Gasteiger partial charge in [-0.15, -0.1) is 11.3 Å². The molecule has 1 saturated heterocycles. The van der Waals surface area contributed by atoms with E-state index in [0.29, 0.717) is 6.61 Å². The number of halogens is 1. The van der Waals surface area contributed by atoms with Crippen molar-refractivity contribution in [2.45, 2.75) is 13.0 Å². The van der Waals surface area contributed by atoms with Gasteiger partial charge in [-0.05, 0) is 28.1 Å². The molecule has 3 rings (SSSR count). The fraction of sp³-hybridized carbons (Fsp3) is 0.571. The minimum Gasteiger partial charge on any atom is -0.384 e. The van der Waals surface area contributed by atoms with Crippen LogP contribution in [0, 0.1) is 0 Å². The summed E-state index contributed by atoms with van der Waals surface area (Å²) >= 11 is 6.85. The standard InChI is InChI=1S/C14H19BrN4OS2/c1-20-9-4-13-16-14(22-17-13)19-7-5-18(6-8-19)10-11-2-3-12(15)21-11/h2-3H,4-10H2,1H3. The lowest BCUT2D eigenvalue weighted by molar-refractivity contribution is 0.201. The normalized spacial score (nSPS) is 16.4. The van der Waals surface area contributed by atoms with Crippen LogP contribution in [0.3, 0.4) is 0 Å². The number of aromatic nitrogens is 2. The molecule has 0 amide bonds. The summed E-state index contributed by atoms with van der Waals surface area (Å²) in [6, 6.07) is 4.33. The van der Waals surface area contributed by atoms with Crippen molar-refractivity contribution in [1.29, 1.82) is 0 Å². The van der Waals surface area contributed by atoms with Crippen molar-refractivity contribution in [3.63, 3.8) is 0 Å². The number of thiophene rings is 1. The molecule has 8 heteroatoms. The van der Waals surface area contributed by atoms with Gasteiger partial charge in [-0.2, -0.15) is 4.37 Å². The number of anilines is 1. The number of ether oxygens (including phenoxy) is 1. The summed E-state index contributed by atoms with van der Waals surface area (Å²) in [6.07, 6.45) is 0.792. The molecular weight excluding hydrogens is 384 g/mol. The Morgan fingerprint density at radius 1 is 1.27 bits per heavy atom. The van der Waals surface area contributed by atoms with Crippen molar-refractivity contribution < 1.29 is 4.74 Å². The molecule has 1 fully saturated rings. The molecule has 0 saturated carbocycles. The molecule has 0 spiro atoms. The van der Waals surface area contributed by atoms with Crippen molar-refractivity contribution in [2.75, 3.05) is 44.8 Å². The third-order valence-corrected chi connectivity index (χ3v) is 6.06. The van der Waals surface area contributed by atoms with Crippen LogP contribution in [0.4, 0.5) is 5.13 Å². The highest BCUT2D eigenvalue weighted by Crippen LogP contribution is 2.24. The van der Waals surface area contributed by atoms with E-state index in [4.69, 9.17) is 4.74 Å². The molecule has 0 bridgehead atoms. The number of rotatable bonds is 6. The monoisotopic (exact) mass is 402 g/mol. The van der Waals surface area contributed by atoms with E-state index in [2.05, 4.69) is 47.2 Å². The summed E-state index contributed by atoms with van der Waals surface area (Å²) in [5.41, 5.74) is 0. The van der Waals surface area contributed by atoms with Gasteiger partial charge in [0.15, 0.2) is 0 Å². The number of methoxy groups -OCH3 is 1. The Balaban J connectivity index is 1.49. The molecule has 2 aromatic heterocycles. The molecule has 1 aliphatic heterocycles. The lowest BCUT2D eigenvalue weighted by Gasteiger charge is -2.34. The predicted molar refractivity (Wildman–Crippen MR) is 95.0 cm³/mol. The Bertz CT molecular complexity index is 595. The van der Waals surface area contributed by atoms with Crippen LogP contribution < -0.4 is 4.90 Å². The van der Waals surface area contributed by atoms with Crippen molar-refractivity contribution in [3.05, 3.63) is 26.6 Å². The van der Waals surface area contributed by atoms with Crippen LogP contribution in [-0.4, -0.2) is 54.2 Å². The Morgan fingerprint density at radius 3 is 2.77 bits per heavy atom. The van der Waals surface area contributed by atoms with Crippen molar-refractivity contribution in [1.82, 2.24) is 14.3 Å². The fourth-order valence-corrected chi connectivity index (χ4v) is 4.71. The van der Waals surface area contributed by atoms with Crippen molar-refractivity contribution in [2.24, 2.45) is 0 Å². The maximum Gasteiger partial charge on any atom is 0.205 e. The Morgan fingerprint density at radius 2 is 2.09 bits per heavy atom. The first kappa shape index (κ1) is 16.3. The molecule has 0 atom stereocenters. The predicted octanol–water partition coefficient (Wildman–Crippen LogP) is 2.87. The fourth-order valence-electron chi connectivity index (χ4n) is 2.42. The molecule has 0 aromatic carbocycles. The minimum absolute atomic E-state index is 0.681. The van der Waals surface area contributed by atoms with Crippen LogP contribution in [-0.2, 0) is 17.7 Å². The summed E-state index contributed by atoms with van der Waals surface area (Å²) in [5.74, 6) is 0.896. The topological polar surface area (TPSA) is 41.5 Å². The van der Waals surface area contributed by atoms with E-state index in [1.165, 1.54) is 20.2 Å². The van der Waals surface area contributed by atoms with Crippen LogP contribution in [0.1, 0.15) is 10.7 Å². The number of hydrogen-bond donors (Lipinski definition) is 0. The minimum atomic E-state index is 0.681. The average molecular weight is 403 g/mol. The van der Waals surface area contributed by atoms with Crippen LogP contribution in [0.25, 0.3) is 0 Å². The first-order chi connectivity index (χ1) is 10.7. The van der Waals surface area contributed by atoms with Crippen LogP contribution in [0.15, 0.2) is 15.9 Å². The average Bonchev–Trinajstić information content (AvgIpc) is 3.15. The lowest BCUT2D eigenvalue weighted by atomic mass is 10.3. The molecule has 22 heavy (non-hydrogen) atoms. The molecular formula is C14H19BrN4OS2. The smallest absolute Gasteiger partial charge is 0.205 e. The van der Waals surface area contributed by atoms with E-state index < -0.39 is 0 Å². The zero-order valence-corrected chi connectivity index (χ0v) is 15.7. The van der Waals surface area contributed by atoms with E-state index in [9.17, 15) is 0 Å². The summed E-state index contributed by atoms with van der Waals surface area (Å²) in [7, 11) is 1.71. The van der Waals surface area contributed by atoms with E-state index in [0.717, 1.165) is 50.1 Å². The van der Waals surface area contributed by atoms with Gasteiger partial charge in [0.1, 0.15) is 5.82 Å². The van der Waals surface area contributed by atoms with Crippen molar-refractivity contribution in [3.8, 4) is 0 Å². The second-order valence-corrected chi connectivity index (χ2v) is 8.48. The Labute approximate surface area is 147 Å². The second-order valence-electron chi connectivity index (χ2n) is 5.20. The lowest BCUT2D eigenvalue weighted by Crippen LogP contribution is -2.45. The summed E-state index contributed by atoms with van der Waals surface area (Å²) < 4.78 is 10.7. The zero-order valence-electron chi connectivity index (χ0n) is 12.5. The first-order valence-electron chi connectivity index (χ1n) is 7.27. The molecule has 3 heterocycles. The van der Waals surface area contributed by atoms with Gasteiger partial charge in [0, 0.05) is 62.7 Å².